The zero-order valence-corrected chi connectivity index (χ0v) is 9.97. The molecule has 0 atom stereocenters. The lowest BCUT2D eigenvalue weighted by Gasteiger charge is -2.40. The van der Waals surface area contributed by atoms with Gasteiger partial charge in [-0.05, 0) is 26.7 Å². The maximum Gasteiger partial charge on any atom is 0.329 e. The maximum absolute atomic E-state index is 11.9. The number of hydrogen-bond donors (Lipinski definition) is 1. The third-order valence-corrected chi connectivity index (χ3v) is 3.44. The van der Waals surface area contributed by atoms with E-state index < -0.39 is 23.3 Å². The molecule has 2 amide bonds. The molecule has 1 aliphatic heterocycles. The molecule has 2 aliphatic rings. The summed E-state index contributed by atoms with van der Waals surface area (Å²) < 4.78 is 0. The van der Waals surface area contributed by atoms with E-state index in [1.54, 1.807) is 4.90 Å². The van der Waals surface area contributed by atoms with E-state index in [1.807, 2.05) is 0 Å². The van der Waals surface area contributed by atoms with Gasteiger partial charge in [0.2, 0.25) is 0 Å². The summed E-state index contributed by atoms with van der Waals surface area (Å²) in [5.74, 6) is -2.36. The topological polar surface area (TPSA) is 77.9 Å². The molecule has 0 aromatic heterocycles. The van der Waals surface area contributed by atoms with Gasteiger partial charge in [0.15, 0.2) is 0 Å². The number of carbonyl (C=O) groups excluding carboxylic acids is 2. The van der Waals surface area contributed by atoms with E-state index in [0.29, 0.717) is 13.1 Å². The van der Waals surface area contributed by atoms with E-state index in [0.717, 1.165) is 17.7 Å². The Morgan fingerprint density at radius 2 is 1.82 bits per heavy atom. The Morgan fingerprint density at radius 1 is 1.24 bits per heavy atom. The molecule has 1 heterocycles. The number of hydrogen-bond acceptors (Lipinski definition) is 3. The highest BCUT2D eigenvalue weighted by atomic mass is 16.4. The first-order valence-electron chi connectivity index (χ1n) is 5.71. The fourth-order valence-corrected chi connectivity index (χ4v) is 2.03. The zero-order chi connectivity index (χ0) is 12.8. The lowest BCUT2D eigenvalue weighted by molar-refractivity contribution is -0.167. The van der Waals surface area contributed by atoms with E-state index in [2.05, 4.69) is 0 Å². The Morgan fingerprint density at radius 3 is 2.29 bits per heavy atom. The molecule has 1 saturated heterocycles. The van der Waals surface area contributed by atoms with E-state index in [-0.39, 0.29) is 6.04 Å². The highest BCUT2D eigenvalue weighted by Crippen LogP contribution is 2.29. The van der Waals surface area contributed by atoms with E-state index in [4.69, 9.17) is 5.11 Å². The van der Waals surface area contributed by atoms with Crippen LogP contribution < -0.4 is 0 Å². The van der Waals surface area contributed by atoms with Crippen LogP contribution in [0, 0.1) is 0 Å². The second kappa shape index (κ2) is 3.72. The number of nitrogens with zero attached hydrogens (tertiary/aromatic N) is 2. The molecule has 0 spiro atoms. The summed E-state index contributed by atoms with van der Waals surface area (Å²) in [5, 5.41) is 9.07. The summed E-state index contributed by atoms with van der Waals surface area (Å²) in [7, 11) is 0. The summed E-state index contributed by atoms with van der Waals surface area (Å²) in [6.45, 7) is 3.60. The molecular weight excluding hydrogens is 224 g/mol. The smallest absolute Gasteiger partial charge is 0.329 e. The summed E-state index contributed by atoms with van der Waals surface area (Å²) in [6, 6.07) is 0.196. The number of aliphatic carboxylic acids is 1. The Bertz CT molecular complexity index is 387. The quantitative estimate of drug-likeness (QED) is 0.686. The normalized spacial score (nSPS) is 22.0. The molecule has 1 N–H and O–H groups in total. The molecule has 0 unspecified atom stereocenters. The van der Waals surface area contributed by atoms with Crippen LogP contribution in [0.5, 0.6) is 0 Å². The fourth-order valence-electron chi connectivity index (χ4n) is 2.03. The molecule has 2 fully saturated rings. The molecule has 6 heteroatoms. The van der Waals surface area contributed by atoms with Gasteiger partial charge in [0, 0.05) is 19.1 Å². The number of carboxylic acid groups (broad SMARTS) is 1. The lowest BCUT2D eigenvalue weighted by Crippen LogP contribution is -2.63. The second-order valence-electron chi connectivity index (χ2n) is 5.05. The van der Waals surface area contributed by atoms with Gasteiger partial charge in [0.25, 0.3) is 0 Å². The minimum atomic E-state index is -1.33. The summed E-state index contributed by atoms with van der Waals surface area (Å²) in [6.07, 6.45) is 1.89. The van der Waals surface area contributed by atoms with Crippen molar-refractivity contribution in [2.24, 2.45) is 0 Å². The minimum Gasteiger partial charge on any atom is -0.480 e. The average Bonchev–Trinajstić information content (AvgIpc) is 3.05. The van der Waals surface area contributed by atoms with Crippen LogP contribution in [-0.4, -0.2) is 57.4 Å². The van der Waals surface area contributed by atoms with Gasteiger partial charge in [-0.25, -0.2) is 4.79 Å². The van der Waals surface area contributed by atoms with Gasteiger partial charge in [-0.3, -0.25) is 9.59 Å². The van der Waals surface area contributed by atoms with Crippen LogP contribution in [0.4, 0.5) is 0 Å². The van der Waals surface area contributed by atoms with Gasteiger partial charge in [-0.2, -0.15) is 0 Å². The zero-order valence-electron chi connectivity index (χ0n) is 9.97. The predicted octanol–water partition coefficient (Wildman–Crippen LogP) is -0.317. The van der Waals surface area contributed by atoms with Gasteiger partial charge >= 0.3 is 17.8 Å². The molecule has 94 valence electrons. The summed E-state index contributed by atoms with van der Waals surface area (Å²) in [5.41, 5.74) is -1.33. The van der Waals surface area contributed by atoms with Crippen molar-refractivity contribution in [2.75, 3.05) is 13.1 Å². The first-order valence-corrected chi connectivity index (χ1v) is 5.71. The molecule has 1 aliphatic carbocycles. The van der Waals surface area contributed by atoms with Crippen molar-refractivity contribution in [2.45, 2.75) is 38.3 Å². The van der Waals surface area contributed by atoms with Crippen molar-refractivity contribution in [3.63, 3.8) is 0 Å². The van der Waals surface area contributed by atoms with Gasteiger partial charge in [-0.1, -0.05) is 0 Å². The van der Waals surface area contributed by atoms with Crippen molar-refractivity contribution in [1.29, 1.82) is 0 Å². The van der Waals surface area contributed by atoms with Crippen LogP contribution in [0.25, 0.3) is 0 Å². The summed E-state index contributed by atoms with van der Waals surface area (Å²) in [4.78, 5) is 37.5. The standard InChI is InChI=1S/C11H16N2O4/c1-11(2,10(16)17)13-6-5-12(7-3-4-7)8(14)9(13)15/h7H,3-6H2,1-2H3,(H,16,17). The van der Waals surface area contributed by atoms with E-state index in [9.17, 15) is 14.4 Å². The van der Waals surface area contributed by atoms with Crippen LogP contribution >= 0.6 is 0 Å². The molecule has 0 bridgehead atoms. The monoisotopic (exact) mass is 240 g/mol. The van der Waals surface area contributed by atoms with Crippen molar-refractivity contribution >= 4 is 17.8 Å². The third-order valence-electron chi connectivity index (χ3n) is 3.44. The first-order chi connectivity index (χ1) is 7.85. The Kier molecular flexibility index (Phi) is 2.60. The Labute approximate surface area is 99.2 Å². The molecule has 1 saturated carbocycles. The number of piperazine rings is 1. The fraction of sp³-hybridized carbons (Fsp3) is 0.727. The van der Waals surface area contributed by atoms with Gasteiger partial charge in [0.05, 0.1) is 0 Å². The third kappa shape index (κ3) is 1.87. The number of carbonyl (C=O) groups is 3. The largest absolute Gasteiger partial charge is 0.480 e. The molecule has 6 nitrogen and oxygen atoms in total. The van der Waals surface area contributed by atoms with Crippen LogP contribution in [0.3, 0.4) is 0 Å². The van der Waals surface area contributed by atoms with E-state index >= 15 is 0 Å². The molecule has 0 aromatic carbocycles. The van der Waals surface area contributed by atoms with Crippen LogP contribution in [-0.2, 0) is 14.4 Å². The molecule has 2 rings (SSSR count). The SMILES string of the molecule is CC(C)(C(=O)O)N1CCN(C2CC2)C(=O)C1=O. The predicted molar refractivity (Wildman–Crippen MR) is 58.2 cm³/mol. The van der Waals surface area contributed by atoms with Crippen molar-refractivity contribution in [3.8, 4) is 0 Å². The number of carboxylic acids is 1. The van der Waals surface area contributed by atoms with Crippen molar-refractivity contribution in [3.05, 3.63) is 0 Å². The highest BCUT2D eigenvalue weighted by molar-refractivity contribution is 6.36. The van der Waals surface area contributed by atoms with Gasteiger partial charge in [0.1, 0.15) is 5.54 Å². The number of amides is 2. The van der Waals surface area contributed by atoms with E-state index in [1.165, 1.54) is 13.8 Å². The minimum absolute atomic E-state index is 0.196. The van der Waals surface area contributed by atoms with Crippen LogP contribution in [0.1, 0.15) is 26.7 Å². The molecular formula is C11H16N2O4. The maximum atomic E-state index is 11.9. The van der Waals surface area contributed by atoms with Gasteiger partial charge < -0.3 is 14.9 Å². The van der Waals surface area contributed by atoms with Crippen molar-refractivity contribution < 1.29 is 19.5 Å². The first kappa shape index (κ1) is 11.9. The van der Waals surface area contributed by atoms with Crippen LogP contribution in [0.15, 0.2) is 0 Å². The molecule has 0 radical (unpaired) electrons. The lowest BCUT2D eigenvalue weighted by atomic mass is 10.0. The van der Waals surface area contributed by atoms with Crippen molar-refractivity contribution in [1.82, 2.24) is 9.80 Å². The molecule has 0 aromatic rings. The summed E-state index contributed by atoms with van der Waals surface area (Å²) >= 11 is 0. The Hall–Kier alpha value is -1.59. The Balaban J connectivity index is 2.15. The average molecular weight is 240 g/mol. The second-order valence-corrected chi connectivity index (χ2v) is 5.05. The van der Waals surface area contributed by atoms with Crippen LogP contribution in [0.2, 0.25) is 0 Å². The number of rotatable bonds is 3. The molecule has 17 heavy (non-hydrogen) atoms. The highest BCUT2D eigenvalue weighted by Gasteiger charge is 2.47. The van der Waals surface area contributed by atoms with Gasteiger partial charge in [-0.15, -0.1) is 0 Å².